The van der Waals surface area contributed by atoms with Gasteiger partial charge in [-0.2, -0.15) is 10.4 Å². The van der Waals surface area contributed by atoms with Crippen molar-refractivity contribution in [3.8, 4) is 6.07 Å². The largest absolute Gasteiger partial charge is 0.422 e. The van der Waals surface area contributed by atoms with Gasteiger partial charge in [-0.15, -0.1) is 0 Å². The molecule has 0 aliphatic heterocycles. The van der Waals surface area contributed by atoms with Crippen LogP contribution in [0.1, 0.15) is 55.2 Å². The van der Waals surface area contributed by atoms with E-state index in [0.29, 0.717) is 22.7 Å². The Bertz CT molecular complexity index is 991. The quantitative estimate of drug-likeness (QED) is 0.491. The van der Waals surface area contributed by atoms with E-state index < -0.39 is 0 Å². The number of aromatic nitrogens is 2. The van der Waals surface area contributed by atoms with E-state index in [0.717, 1.165) is 29.3 Å². The molecule has 1 saturated carbocycles. The first-order valence-corrected chi connectivity index (χ1v) is 9.09. The van der Waals surface area contributed by atoms with Crippen molar-refractivity contribution >= 4 is 34.6 Å². The highest BCUT2D eigenvalue weighted by molar-refractivity contribution is 6.31. The van der Waals surface area contributed by atoms with Crippen molar-refractivity contribution in [1.29, 1.82) is 5.26 Å². The molecule has 2 aromatic heterocycles. The van der Waals surface area contributed by atoms with Gasteiger partial charge >= 0.3 is 0 Å². The molecule has 0 spiro atoms. The normalized spacial score (nSPS) is 15.5. The maximum absolute atomic E-state index is 9.30. The van der Waals surface area contributed by atoms with E-state index in [4.69, 9.17) is 16.0 Å². The summed E-state index contributed by atoms with van der Waals surface area (Å²) in [5.41, 5.74) is 4.91. The van der Waals surface area contributed by atoms with Crippen LogP contribution >= 0.6 is 11.6 Å². The lowest BCUT2D eigenvalue weighted by molar-refractivity contribution is 0.367. The summed E-state index contributed by atoms with van der Waals surface area (Å²) in [6.45, 7) is 0. The molecule has 4 rings (SSSR count). The number of aromatic amines is 1. The Morgan fingerprint density at radius 1 is 1.35 bits per heavy atom. The van der Waals surface area contributed by atoms with Gasteiger partial charge in [-0.1, -0.05) is 36.9 Å². The zero-order valence-corrected chi connectivity index (χ0v) is 14.9. The average Bonchev–Trinajstić information content (AvgIpc) is 3.26. The summed E-state index contributed by atoms with van der Waals surface area (Å²) < 4.78 is 5.78. The third-order valence-electron chi connectivity index (χ3n) is 4.75. The third kappa shape index (κ3) is 3.31. The fourth-order valence-corrected chi connectivity index (χ4v) is 3.57. The van der Waals surface area contributed by atoms with Crippen molar-refractivity contribution < 1.29 is 4.42 Å². The van der Waals surface area contributed by atoms with Gasteiger partial charge in [0, 0.05) is 33.6 Å². The van der Waals surface area contributed by atoms with Gasteiger partial charge in [0.05, 0.1) is 6.21 Å². The van der Waals surface area contributed by atoms with Crippen molar-refractivity contribution in [2.24, 2.45) is 5.10 Å². The van der Waals surface area contributed by atoms with Crippen molar-refractivity contribution in [2.45, 2.75) is 38.0 Å². The summed E-state index contributed by atoms with van der Waals surface area (Å²) in [6, 6.07) is 7.71. The molecule has 2 N–H and O–H groups in total. The van der Waals surface area contributed by atoms with Gasteiger partial charge in [-0.05, 0) is 25.0 Å². The van der Waals surface area contributed by atoms with Crippen LogP contribution < -0.4 is 5.43 Å². The van der Waals surface area contributed by atoms with Crippen LogP contribution in [-0.4, -0.2) is 16.2 Å². The van der Waals surface area contributed by atoms with E-state index in [2.05, 4.69) is 26.6 Å². The summed E-state index contributed by atoms with van der Waals surface area (Å²) in [5, 5.41) is 15.2. The Labute approximate surface area is 155 Å². The van der Waals surface area contributed by atoms with Crippen LogP contribution in [0.25, 0.3) is 10.9 Å². The summed E-state index contributed by atoms with van der Waals surface area (Å²) in [4.78, 5) is 7.50. The van der Waals surface area contributed by atoms with E-state index in [1.54, 1.807) is 6.21 Å². The van der Waals surface area contributed by atoms with E-state index in [-0.39, 0.29) is 5.69 Å². The molecule has 1 fully saturated rings. The van der Waals surface area contributed by atoms with E-state index in [1.165, 1.54) is 19.3 Å². The molecular formula is C19H18ClN5O. The molecule has 1 aliphatic rings. The number of nitrogens with zero attached hydrogens (tertiary/aromatic N) is 3. The van der Waals surface area contributed by atoms with Gasteiger partial charge in [0.25, 0.3) is 5.88 Å². The fraction of sp³-hybridized carbons (Fsp3) is 0.316. The maximum atomic E-state index is 9.30. The molecule has 0 radical (unpaired) electrons. The standard InChI is InChI=1S/C19H18ClN5O/c20-14-6-7-15-13(10-22-16(15)8-14)11-23-25-19-17(9-21)24-18(26-19)12-4-2-1-3-5-12/h6-8,10-12,22,25H,1-5H2. The van der Waals surface area contributed by atoms with Crippen LogP contribution in [0.2, 0.25) is 5.02 Å². The van der Waals surface area contributed by atoms with Crippen molar-refractivity contribution in [2.75, 3.05) is 5.43 Å². The Morgan fingerprint density at radius 2 is 2.19 bits per heavy atom. The lowest BCUT2D eigenvalue weighted by Crippen LogP contribution is -2.04. The molecule has 6 nitrogen and oxygen atoms in total. The second-order valence-electron chi connectivity index (χ2n) is 6.48. The molecular weight excluding hydrogens is 350 g/mol. The van der Waals surface area contributed by atoms with Crippen LogP contribution in [0.3, 0.4) is 0 Å². The topological polar surface area (TPSA) is 90.0 Å². The number of fused-ring (bicyclic) bond motifs is 1. The highest BCUT2D eigenvalue weighted by atomic mass is 35.5. The molecule has 0 saturated heterocycles. The number of benzene rings is 1. The predicted octanol–water partition coefficient (Wildman–Crippen LogP) is 5.17. The number of oxazole rings is 1. The van der Waals surface area contributed by atoms with Crippen LogP contribution in [0, 0.1) is 11.3 Å². The Hall–Kier alpha value is -2.78. The number of halogens is 1. The molecule has 2 heterocycles. The summed E-state index contributed by atoms with van der Waals surface area (Å²) in [5.74, 6) is 1.24. The molecule has 0 bridgehead atoms. The number of nitriles is 1. The van der Waals surface area contributed by atoms with Gasteiger partial charge in [-0.3, -0.25) is 0 Å². The first-order valence-electron chi connectivity index (χ1n) is 8.71. The SMILES string of the molecule is N#Cc1nc(C2CCCCC2)oc1NN=Cc1c[nH]c2cc(Cl)ccc12. The van der Waals surface area contributed by atoms with Crippen molar-refractivity contribution in [3.05, 3.63) is 46.6 Å². The number of rotatable bonds is 4. The van der Waals surface area contributed by atoms with Gasteiger partial charge in [0.1, 0.15) is 6.07 Å². The van der Waals surface area contributed by atoms with Crippen molar-refractivity contribution in [1.82, 2.24) is 9.97 Å². The van der Waals surface area contributed by atoms with Crippen molar-refractivity contribution in [3.63, 3.8) is 0 Å². The summed E-state index contributed by atoms with van der Waals surface area (Å²) >= 11 is 6.00. The zero-order valence-electron chi connectivity index (χ0n) is 14.1. The molecule has 1 aliphatic carbocycles. The van der Waals surface area contributed by atoms with E-state index in [1.807, 2.05) is 24.4 Å². The summed E-state index contributed by atoms with van der Waals surface area (Å²) in [6.07, 6.45) is 9.27. The number of H-pyrrole nitrogens is 1. The van der Waals surface area contributed by atoms with Gasteiger partial charge in [0.2, 0.25) is 11.6 Å². The number of hydrazone groups is 1. The molecule has 26 heavy (non-hydrogen) atoms. The van der Waals surface area contributed by atoms with E-state index in [9.17, 15) is 5.26 Å². The minimum absolute atomic E-state index is 0.244. The predicted molar refractivity (Wildman–Crippen MR) is 102 cm³/mol. The molecule has 7 heteroatoms. The smallest absolute Gasteiger partial charge is 0.252 e. The fourth-order valence-electron chi connectivity index (χ4n) is 3.40. The Balaban J connectivity index is 1.52. The van der Waals surface area contributed by atoms with Gasteiger partial charge in [-0.25, -0.2) is 10.4 Å². The maximum Gasteiger partial charge on any atom is 0.252 e. The highest BCUT2D eigenvalue weighted by Gasteiger charge is 2.23. The zero-order chi connectivity index (χ0) is 17.9. The molecule has 0 atom stereocenters. The minimum atomic E-state index is 0.244. The lowest BCUT2D eigenvalue weighted by atomic mass is 9.89. The molecule has 1 aromatic carbocycles. The first kappa shape index (κ1) is 16.7. The van der Waals surface area contributed by atoms with Gasteiger partial charge in [0.15, 0.2) is 0 Å². The highest BCUT2D eigenvalue weighted by Crippen LogP contribution is 2.34. The lowest BCUT2D eigenvalue weighted by Gasteiger charge is -2.17. The number of nitrogens with one attached hydrogen (secondary N) is 2. The number of hydrogen-bond acceptors (Lipinski definition) is 5. The Kier molecular flexibility index (Phi) is 4.63. The number of hydrogen-bond donors (Lipinski definition) is 2. The minimum Gasteiger partial charge on any atom is -0.422 e. The van der Waals surface area contributed by atoms with Crippen LogP contribution in [0.5, 0.6) is 0 Å². The average molecular weight is 368 g/mol. The summed E-state index contributed by atoms with van der Waals surface area (Å²) in [7, 11) is 0. The van der Waals surface area contributed by atoms with Crippen LogP contribution in [0.15, 0.2) is 33.9 Å². The molecule has 0 unspecified atom stereocenters. The monoisotopic (exact) mass is 367 g/mol. The Morgan fingerprint density at radius 3 is 3.00 bits per heavy atom. The number of anilines is 1. The second-order valence-corrected chi connectivity index (χ2v) is 6.92. The first-order chi connectivity index (χ1) is 12.7. The van der Waals surface area contributed by atoms with E-state index >= 15 is 0 Å². The van der Waals surface area contributed by atoms with Gasteiger partial charge < -0.3 is 9.40 Å². The molecule has 3 aromatic rings. The third-order valence-corrected chi connectivity index (χ3v) is 4.98. The van der Waals surface area contributed by atoms with Crippen LogP contribution in [0.4, 0.5) is 5.88 Å². The second kappa shape index (κ2) is 7.22. The molecule has 132 valence electrons. The van der Waals surface area contributed by atoms with Crippen LogP contribution in [-0.2, 0) is 0 Å². The molecule has 0 amide bonds.